The van der Waals surface area contributed by atoms with Crippen LogP contribution < -0.4 is 16.4 Å². The van der Waals surface area contributed by atoms with Crippen molar-refractivity contribution in [1.82, 2.24) is 0 Å². The second-order valence-electron chi connectivity index (χ2n) is 4.73. The first-order valence-corrected chi connectivity index (χ1v) is 7.88. The Morgan fingerprint density at radius 2 is 1.71 bits per heavy atom. The molecule has 0 heterocycles. The summed E-state index contributed by atoms with van der Waals surface area (Å²) in [5, 5.41) is 5.63. The molecule has 0 fully saturated rings. The molecule has 4 nitrogen and oxygen atoms in total. The smallest absolute Gasteiger partial charge is 0.323 e. The molecule has 1 unspecified atom stereocenters. The zero-order chi connectivity index (χ0) is 15.2. The third kappa shape index (κ3) is 4.51. The second kappa shape index (κ2) is 7.15. The van der Waals surface area contributed by atoms with Gasteiger partial charge in [0.1, 0.15) is 0 Å². The first-order chi connectivity index (χ1) is 10.1. The minimum atomic E-state index is -0.268. The lowest BCUT2D eigenvalue weighted by molar-refractivity contribution is 0.262. The summed E-state index contributed by atoms with van der Waals surface area (Å²) in [6.45, 7) is 1.91. The van der Waals surface area contributed by atoms with Gasteiger partial charge in [-0.15, -0.1) is 11.8 Å². The molecule has 2 aromatic rings. The molecule has 0 saturated heterocycles. The molecular weight excluding hydrogens is 282 g/mol. The molecule has 0 saturated carbocycles. The summed E-state index contributed by atoms with van der Waals surface area (Å²) < 4.78 is 0. The minimum absolute atomic E-state index is 0.0620. The van der Waals surface area contributed by atoms with Crippen LogP contribution in [-0.4, -0.2) is 12.3 Å². The van der Waals surface area contributed by atoms with E-state index in [1.165, 1.54) is 0 Å². The summed E-state index contributed by atoms with van der Waals surface area (Å²) in [5.74, 6) is 0. The van der Waals surface area contributed by atoms with Crippen molar-refractivity contribution in [3.8, 4) is 0 Å². The van der Waals surface area contributed by atoms with E-state index in [4.69, 9.17) is 5.73 Å². The van der Waals surface area contributed by atoms with Crippen molar-refractivity contribution in [3.05, 3.63) is 54.1 Å². The topological polar surface area (TPSA) is 67.2 Å². The number of benzene rings is 2. The van der Waals surface area contributed by atoms with E-state index in [0.717, 1.165) is 21.8 Å². The largest absolute Gasteiger partial charge is 0.324 e. The molecule has 0 aliphatic heterocycles. The van der Waals surface area contributed by atoms with Gasteiger partial charge in [0.05, 0.1) is 0 Å². The highest BCUT2D eigenvalue weighted by molar-refractivity contribution is 7.98. The van der Waals surface area contributed by atoms with Crippen molar-refractivity contribution in [2.45, 2.75) is 17.9 Å². The van der Waals surface area contributed by atoms with Gasteiger partial charge in [-0.05, 0) is 49.1 Å². The summed E-state index contributed by atoms with van der Waals surface area (Å²) >= 11 is 1.63. The van der Waals surface area contributed by atoms with Crippen molar-refractivity contribution in [3.63, 3.8) is 0 Å². The lowest BCUT2D eigenvalue weighted by Crippen LogP contribution is -2.19. The predicted molar refractivity (Wildman–Crippen MR) is 89.9 cm³/mol. The number of nitrogens with one attached hydrogen (secondary N) is 2. The van der Waals surface area contributed by atoms with Crippen molar-refractivity contribution in [2.24, 2.45) is 5.73 Å². The summed E-state index contributed by atoms with van der Waals surface area (Å²) in [6.07, 6.45) is 2.00. The number of nitrogens with two attached hydrogens (primary N) is 1. The molecule has 1 atom stereocenters. The number of urea groups is 1. The molecule has 2 rings (SSSR count). The number of thioether (sulfide) groups is 1. The van der Waals surface area contributed by atoms with Gasteiger partial charge in [-0.1, -0.05) is 18.2 Å². The van der Waals surface area contributed by atoms with E-state index in [-0.39, 0.29) is 12.1 Å². The number of hydrogen-bond donors (Lipinski definition) is 3. The van der Waals surface area contributed by atoms with Crippen LogP contribution in [-0.2, 0) is 0 Å². The molecule has 0 bridgehead atoms. The fraction of sp³-hybridized carbons (Fsp3) is 0.188. The number of carbonyl (C=O) groups is 1. The molecule has 5 heteroatoms. The fourth-order valence-electron chi connectivity index (χ4n) is 1.89. The lowest BCUT2D eigenvalue weighted by atomic mass is 10.1. The van der Waals surface area contributed by atoms with E-state index in [2.05, 4.69) is 10.6 Å². The molecular formula is C16H19N3OS. The van der Waals surface area contributed by atoms with Crippen LogP contribution in [0.4, 0.5) is 16.2 Å². The average molecular weight is 301 g/mol. The highest BCUT2D eigenvalue weighted by Crippen LogP contribution is 2.20. The number of carbonyl (C=O) groups excluding carboxylic acids is 1. The van der Waals surface area contributed by atoms with Crippen molar-refractivity contribution in [2.75, 3.05) is 16.9 Å². The van der Waals surface area contributed by atoms with Gasteiger partial charge in [0.25, 0.3) is 0 Å². The average Bonchev–Trinajstić information content (AvgIpc) is 2.47. The monoisotopic (exact) mass is 301 g/mol. The zero-order valence-electron chi connectivity index (χ0n) is 12.1. The first-order valence-electron chi connectivity index (χ1n) is 6.66. The van der Waals surface area contributed by atoms with Crippen molar-refractivity contribution < 1.29 is 4.79 Å². The van der Waals surface area contributed by atoms with E-state index in [1.807, 2.05) is 61.7 Å². The Morgan fingerprint density at radius 3 is 2.33 bits per heavy atom. The maximum atomic E-state index is 12.0. The molecule has 0 aromatic heterocycles. The van der Waals surface area contributed by atoms with Crippen molar-refractivity contribution >= 4 is 29.2 Å². The molecule has 0 radical (unpaired) electrons. The van der Waals surface area contributed by atoms with E-state index < -0.39 is 0 Å². The van der Waals surface area contributed by atoms with Gasteiger partial charge in [-0.3, -0.25) is 0 Å². The Morgan fingerprint density at radius 1 is 1.10 bits per heavy atom. The van der Waals surface area contributed by atoms with Gasteiger partial charge in [0, 0.05) is 22.3 Å². The predicted octanol–water partition coefficient (Wildman–Crippen LogP) is 4.07. The SMILES string of the molecule is CSc1cccc(NC(=O)Nc2cccc(C(C)N)c2)c1. The Bertz CT molecular complexity index is 628. The first kappa shape index (κ1) is 15.4. The van der Waals surface area contributed by atoms with Gasteiger partial charge in [0.2, 0.25) is 0 Å². The van der Waals surface area contributed by atoms with Crippen LogP contribution in [0.5, 0.6) is 0 Å². The molecule has 2 amide bonds. The molecule has 110 valence electrons. The Hall–Kier alpha value is -1.98. The van der Waals surface area contributed by atoms with Gasteiger partial charge < -0.3 is 16.4 Å². The Labute approximate surface area is 129 Å². The highest BCUT2D eigenvalue weighted by Gasteiger charge is 2.05. The van der Waals surface area contributed by atoms with Crippen LogP contribution in [0.15, 0.2) is 53.4 Å². The van der Waals surface area contributed by atoms with Crippen LogP contribution in [0.3, 0.4) is 0 Å². The Balaban J connectivity index is 2.02. The third-order valence-corrected chi connectivity index (χ3v) is 3.72. The van der Waals surface area contributed by atoms with E-state index in [9.17, 15) is 4.79 Å². The van der Waals surface area contributed by atoms with Crippen LogP contribution in [0.25, 0.3) is 0 Å². The van der Waals surface area contributed by atoms with E-state index in [1.54, 1.807) is 11.8 Å². The standard InChI is InChI=1S/C16H19N3OS/c1-11(17)12-5-3-6-13(9-12)18-16(20)19-14-7-4-8-15(10-14)21-2/h3-11H,17H2,1-2H3,(H2,18,19,20). The summed E-state index contributed by atoms with van der Waals surface area (Å²) in [6, 6.07) is 14.9. The second-order valence-corrected chi connectivity index (χ2v) is 5.60. The molecule has 2 aromatic carbocycles. The van der Waals surface area contributed by atoms with E-state index >= 15 is 0 Å². The Kier molecular flexibility index (Phi) is 5.25. The van der Waals surface area contributed by atoms with Gasteiger partial charge in [-0.2, -0.15) is 0 Å². The van der Waals surface area contributed by atoms with Crippen LogP contribution in [0, 0.1) is 0 Å². The van der Waals surface area contributed by atoms with Gasteiger partial charge >= 0.3 is 6.03 Å². The molecule has 4 N–H and O–H groups in total. The lowest BCUT2D eigenvalue weighted by Gasteiger charge is -2.11. The summed E-state index contributed by atoms with van der Waals surface area (Å²) in [5.41, 5.74) is 8.31. The van der Waals surface area contributed by atoms with Crippen LogP contribution >= 0.6 is 11.8 Å². The highest BCUT2D eigenvalue weighted by atomic mass is 32.2. The quantitative estimate of drug-likeness (QED) is 0.746. The van der Waals surface area contributed by atoms with E-state index in [0.29, 0.717) is 0 Å². The molecule has 0 aliphatic carbocycles. The number of hydrogen-bond acceptors (Lipinski definition) is 3. The van der Waals surface area contributed by atoms with Crippen molar-refractivity contribution in [1.29, 1.82) is 0 Å². The number of anilines is 2. The van der Waals surface area contributed by atoms with Crippen LogP contribution in [0.1, 0.15) is 18.5 Å². The third-order valence-electron chi connectivity index (χ3n) is 3.00. The van der Waals surface area contributed by atoms with Gasteiger partial charge in [0.15, 0.2) is 0 Å². The normalized spacial score (nSPS) is 11.8. The van der Waals surface area contributed by atoms with Crippen LogP contribution in [0.2, 0.25) is 0 Å². The number of rotatable bonds is 4. The van der Waals surface area contributed by atoms with Gasteiger partial charge in [-0.25, -0.2) is 4.79 Å². The fourth-order valence-corrected chi connectivity index (χ4v) is 2.35. The maximum absolute atomic E-state index is 12.0. The minimum Gasteiger partial charge on any atom is -0.324 e. The molecule has 21 heavy (non-hydrogen) atoms. The molecule has 0 aliphatic rings. The number of amides is 2. The molecule has 0 spiro atoms. The maximum Gasteiger partial charge on any atom is 0.323 e. The summed E-state index contributed by atoms with van der Waals surface area (Å²) in [7, 11) is 0. The summed E-state index contributed by atoms with van der Waals surface area (Å²) in [4.78, 5) is 13.1. The zero-order valence-corrected chi connectivity index (χ0v) is 12.9.